The molecular formula is C17H16N6O2. The zero-order chi connectivity index (χ0) is 17.5. The van der Waals surface area contributed by atoms with Crippen LogP contribution in [0.2, 0.25) is 0 Å². The molecule has 2 heterocycles. The van der Waals surface area contributed by atoms with Gasteiger partial charge in [0, 0.05) is 24.6 Å². The van der Waals surface area contributed by atoms with Gasteiger partial charge >= 0.3 is 5.97 Å². The molecule has 0 radical (unpaired) electrons. The van der Waals surface area contributed by atoms with Crippen molar-refractivity contribution in [3.63, 3.8) is 0 Å². The highest BCUT2D eigenvalue weighted by molar-refractivity contribution is 5.90. The smallest absolute Gasteiger partial charge is 0.337 e. The second-order valence-corrected chi connectivity index (χ2v) is 5.07. The summed E-state index contributed by atoms with van der Waals surface area (Å²) < 4.78 is 4.72. The molecule has 0 saturated heterocycles. The average Bonchev–Trinajstić information content (AvgIpc) is 2.67. The number of nitrogens with zero attached hydrogens (tertiary/aromatic N) is 4. The summed E-state index contributed by atoms with van der Waals surface area (Å²) in [5, 5.41) is 14.1. The van der Waals surface area contributed by atoms with Gasteiger partial charge in [0.15, 0.2) is 5.82 Å². The van der Waals surface area contributed by atoms with E-state index in [-0.39, 0.29) is 0 Å². The molecule has 0 bridgehead atoms. The Morgan fingerprint density at radius 2 is 2.04 bits per heavy atom. The lowest BCUT2D eigenvalue weighted by Crippen LogP contribution is -2.07. The predicted octanol–water partition coefficient (Wildman–Crippen LogP) is 2.41. The molecule has 0 aliphatic carbocycles. The van der Waals surface area contributed by atoms with Crippen molar-refractivity contribution in [1.29, 1.82) is 0 Å². The molecule has 0 aliphatic heterocycles. The van der Waals surface area contributed by atoms with E-state index in [2.05, 4.69) is 30.8 Å². The van der Waals surface area contributed by atoms with Crippen LogP contribution < -0.4 is 10.6 Å². The van der Waals surface area contributed by atoms with Gasteiger partial charge in [-0.3, -0.25) is 4.98 Å². The zero-order valence-electron chi connectivity index (χ0n) is 13.5. The van der Waals surface area contributed by atoms with Gasteiger partial charge in [0.05, 0.1) is 18.9 Å². The second kappa shape index (κ2) is 7.82. The third-order valence-electron chi connectivity index (χ3n) is 3.31. The van der Waals surface area contributed by atoms with E-state index in [4.69, 9.17) is 4.74 Å². The van der Waals surface area contributed by atoms with Crippen LogP contribution in [-0.2, 0) is 11.3 Å². The van der Waals surface area contributed by atoms with Crippen molar-refractivity contribution in [2.75, 3.05) is 17.7 Å². The van der Waals surface area contributed by atoms with Gasteiger partial charge in [0.25, 0.3) is 0 Å². The minimum Gasteiger partial charge on any atom is -0.465 e. The molecular weight excluding hydrogens is 320 g/mol. The fourth-order valence-corrected chi connectivity index (χ4v) is 2.11. The number of hydrogen-bond acceptors (Lipinski definition) is 8. The van der Waals surface area contributed by atoms with Gasteiger partial charge in [-0.2, -0.15) is 10.1 Å². The number of aromatic nitrogens is 4. The molecule has 0 aliphatic rings. The van der Waals surface area contributed by atoms with E-state index in [9.17, 15) is 4.79 Å². The number of rotatable bonds is 6. The van der Waals surface area contributed by atoms with Crippen molar-refractivity contribution in [3.05, 3.63) is 66.1 Å². The lowest BCUT2D eigenvalue weighted by Gasteiger charge is -2.08. The molecule has 8 nitrogen and oxygen atoms in total. The number of esters is 1. The molecule has 1 aromatic carbocycles. The van der Waals surface area contributed by atoms with Crippen LogP contribution in [0.3, 0.4) is 0 Å². The van der Waals surface area contributed by atoms with Crippen LogP contribution in [0.15, 0.2) is 55.0 Å². The highest BCUT2D eigenvalue weighted by Gasteiger charge is 2.07. The van der Waals surface area contributed by atoms with E-state index in [1.54, 1.807) is 30.6 Å². The molecule has 0 unspecified atom stereocenters. The lowest BCUT2D eigenvalue weighted by molar-refractivity contribution is 0.0601. The number of ether oxygens (including phenoxy) is 1. The first kappa shape index (κ1) is 16.3. The van der Waals surface area contributed by atoms with Crippen LogP contribution in [0.4, 0.5) is 17.5 Å². The fourth-order valence-electron chi connectivity index (χ4n) is 2.11. The van der Waals surface area contributed by atoms with Crippen LogP contribution in [0.1, 0.15) is 15.9 Å². The summed E-state index contributed by atoms with van der Waals surface area (Å²) in [5.74, 6) is 0.504. The summed E-state index contributed by atoms with van der Waals surface area (Å²) in [6, 6.07) is 10.7. The SMILES string of the molecule is COC(=O)c1cccc(Nc2cnnc(NCc3ccncc3)n2)c1. The monoisotopic (exact) mass is 336 g/mol. The Bertz CT molecular complexity index is 857. The zero-order valence-corrected chi connectivity index (χ0v) is 13.5. The minimum atomic E-state index is -0.399. The number of anilines is 3. The minimum absolute atomic E-state index is 0.394. The van der Waals surface area contributed by atoms with Crippen LogP contribution in [-0.4, -0.2) is 33.2 Å². The van der Waals surface area contributed by atoms with Gasteiger partial charge in [-0.25, -0.2) is 4.79 Å². The third kappa shape index (κ3) is 4.47. The van der Waals surface area contributed by atoms with Gasteiger partial charge in [-0.05, 0) is 35.9 Å². The van der Waals surface area contributed by atoms with Crippen molar-refractivity contribution in [2.24, 2.45) is 0 Å². The molecule has 2 aromatic heterocycles. The molecule has 0 fully saturated rings. The fraction of sp³-hybridized carbons (Fsp3) is 0.118. The van der Waals surface area contributed by atoms with Crippen molar-refractivity contribution in [2.45, 2.75) is 6.54 Å². The summed E-state index contributed by atoms with van der Waals surface area (Å²) in [5.41, 5.74) is 2.21. The first-order valence-corrected chi connectivity index (χ1v) is 7.52. The second-order valence-electron chi connectivity index (χ2n) is 5.07. The molecule has 126 valence electrons. The molecule has 2 N–H and O–H groups in total. The Morgan fingerprint density at radius 1 is 1.20 bits per heavy atom. The quantitative estimate of drug-likeness (QED) is 0.662. The van der Waals surface area contributed by atoms with Crippen molar-refractivity contribution >= 4 is 23.4 Å². The Balaban J connectivity index is 1.68. The molecule has 0 spiro atoms. The van der Waals surface area contributed by atoms with Crippen LogP contribution in [0.25, 0.3) is 0 Å². The Kier molecular flexibility index (Phi) is 5.10. The van der Waals surface area contributed by atoms with Gasteiger partial charge in [-0.15, -0.1) is 5.10 Å². The predicted molar refractivity (Wildman–Crippen MR) is 92.5 cm³/mol. The number of methoxy groups -OCH3 is 1. The number of carbonyl (C=O) groups excluding carboxylic acids is 1. The number of pyridine rings is 1. The highest BCUT2D eigenvalue weighted by Crippen LogP contribution is 2.16. The number of hydrogen-bond donors (Lipinski definition) is 2. The van der Waals surface area contributed by atoms with Gasteiger partial charge in [0.2, 0.25) is 5.95 Å². The van der Waals surface area contributed by atoms with Crippen molar-refractivity contribution in [1.82, 2.24) is 20.2 Å². The summed E-state index contributed by atoms with van der Waals surface area (Å²) in [4.78, 5) is 19.9. The molecule has 25 heavy (non-hydrogen) atoms. The van der Waals surface area contributed by atoms with E-state index < -0.39 is 5.97 Å². The van der Waals surface area contributed by atoms with E-state index >= 15 is 0 Å². The number of carbonyl (C=O) groups is 1. The van der Waals surface area contributed by atoms with E-state index in [0.717, 1.165) is 5.56 Å². The molecule has 0 atom stereocenters. The standard InChI is InChI=1S/C17H16N6O2/c1-25-16(24)13-3-2-4-14(9-13)21-15-11-20-23-17(22-15)19-10-12-5-7-18-8-6-12/h2-9,11H,10H2,1H3,(H2,19,21,22,23). The Hall–Kier alpha value is -3.55. The summed E-state index contributed by atoms with van der Waals surface area (Å²) in [6.45, 7) is 0.561. The van der Waals surface area contributed by atoms with E-state index in [1.807, 2.05) is 18.2 Å². The first-order valence-electron chi connectivity index (χ1n) is 7.52. The maximum Gasteiger partial charge on any atom is 0.337 e. The van der Waals surface area contributed by atoms with Crippen LogP contribution in [0.5, 0.6) is 0 Å². The van der Waals surface area contributed by atoms with E-state index in [0.29, 0.717) is 29.6 Å². The Morgan fingerprint density at radius 3 is 2.84 bits per heavy atom. The first-order chi connectivity index (χ1) is 12.2. The van der Waals surface area contributed by atoms with Gasteiger partial charge in [-0.1, -0.05) is 6.07 Å². The number of nitrogens with one attached hydrogen (secondary N) is 2. The number of benzene rings is 1. The maximum atomic E-state index is 11.6. The third-order valence-corrected chi connectivity index (χ3v) is 3.31. The van der Waals surface area contributed by atoms with Gasteiger partial charge in [0.1, 0.15) is 0 Å². The molecule has 3 rings (SSSR count). The maximum absolute atomic E-state index is 11.6. The summed E-state index contributed by atoms with van der Waals surface area (Å²) in [7, 11) is 1.34. The lowest BCUT2D eigenvalue weighted by atomic mass is 10.2. The average molecular weight is 336 g/mol. The molecule has 0 amide bonds. The highest BCUT2D eigenvalue weighted by atomic mass is 16.5. The molecule has 0 saturated carbocycles. The van der Waals surface area contributed by atoms with Gasteiger partial charge < -0.3 is 15.4 Å². The van der Waals surface area contributed by atoms with E-state index in [1.165, 1.54) is 13.3 Å². The largest absolute Gasteiger partial charge is 0.465 e. The Labute approximate surface area is 144 Å². The van der Waals surface area contributed by atoms with Crippen LogP contribution in [0, 0.1) is 0 Å². The van der Waals surface area contributed by atoms with Crippen molar-refractivity contribution in [3.8, 4) is 0 Å². The normalized spacial score (nSPS) is 10.1. The summed E-state index contributed by atoms with van der Waals surface area (Å²) >= 11 is 0. The molecule has 3 aromatic rings. The summed E-state index contributed by atoms with van der Waals surface area (Å²) in [6.07, 6.45) is 4.95. The topological polar surface area (TPSA) is 102 Å². The van der Waals surface area contributed by atoms with Crippen molar-refractivity contribution < 1.29 is 9.53 Å². The van der Waals surface area contributed by atoms with Crippen LogP contribution >= 0.6 is 0 Å². The molecule has 8 heteroatoms.